The van der Waals surface area contributed by atoms with Crippen molar-refractivity contribution >= 4 is 32.6 Å². The Morgan fingerprint density at radius 2 is 1.80 bits per heavy atom. The van der Waals surface area contributed by atoms with Crippen molar-refractivity contribution in [2.45, 2.75) is 57.0 Å². The van der Waals surface area contributed by atoms with Crippen LogP contribution in [-0.2, 0) is 4.79 Å². The highest BCUT2D eigenvalue weighted by Crippen LogP contribution is 2.55. The summed E-state index contributed by atoms with van der Waals surface area (Å²) in [5.74, 6) is 2.67. The van der Waals surface area contributed by atoms with Crippen LogP contribution in [-0.4, -0.2) is 22.5 Å². The molecule has 25 heavy (non-hydrogen) atoms. The summed E-state index contributed by atoms with van der Waals surface area (Å²) in [6.07, 6.45) is 7.77. The Morgan fingerprint density at radius 3 is 2.44 bits per heavy atom. The van der Waals surface area contributed by atoms with Gasteiger partial charge in [-0.2, -0.15) is 0 Å². The van der Waals surface area contributed by atoms with Gasteiger partial charge < -0.3 is 10.6 Å². The molecular weight excluding hydrogens is 330 g/mol. The topological polar surface area (TPSA) is 54.0 Å². The Balaban J connectivity index is 1.27. The van der Waals surface area contributed by atoms with E-state index in [4.69, 9.17) is 0 Å². The average molecular weight is 356 g/mol. The van der Waals surface area contributed by atoms with E-state index in [1.54, 1.807) is 11.3 Å². The summed E-state index contributed by atoms with van der Waals surface area (Å²) in [7, 11) is 0. The molecule has 0 radical (unpaired) electrons. The normalized spacial score (nSPS) is 34.2. The number of carbonyl (C=O) groups excluding carboxylic acids is 1. The van der Waals surface area contributed by atoms with E-state index in [1.807, 2.05) is 25.1 Å². The van der Waals surface area contributed by atoms with Crippen molar-refractivity contribution in [3.05, 3.63) is 24.3 Å². The number of carbonyl (C=O) groups is 1. The Bertz CT molecular complexity index is 746. The highest BCUT2D eigenvalue weighted by atomic mass is 32.1. The van der Waals surface area contributed by atoms with Crippen molar-refractivity contribution in [3.63, 3.8) is 0 Å². The molecule has 1 heterocycles. The minimum absolute atomic E-state index is 0.0787. The first kappa shape index (κ1) is 15.6. The first-order valence-corrected chi connectivity index (χ1v) is 10.3. The van der Waals surface area contributed by atoms with Crippen LogP contribution in [0.2, 0.25) is 0 Å². The van der Waals surface area contributed by atoms with Gasteiger partial charge in [0.05, 0.1) is 10.2 Å². The molecule has 4 bridgehead atoms. The third-order valence-electron chi connectivity index (χ3n) is 6.45. The van der Waals surface area contributed by atoms with Gasteiger partial charge in [-0.3, -0.25) is 4.79 Å². The Morgan fingerprint density at radius 1 is 1.16 bits per heavy atom. The van der Waals surface area contributed by atoms with Crippen molar-refractivity contribution in [2.24, 2.45) is 17.8 Å². The Labute approximate surface area is 152 Å². The molecular formula is C20H25N3OS. The van der Waals surface area contributed by atoms with Crippen LogP contribution < -0.4 is 10.6 Å². The molecule has 4 aliphatic rings. The molecule has 1 amide bonds. The largest absolute Gasteiger partial charge is 0.350 e. The first-order valence-electron chi connectivity index (χ1n) is 9.53. The predicted octanol–water partition coefficient (Wildman–Crippen LogP) is 4.18. The van der Waals surface area contributed by atoms with Gasteiger partial charge in [0.25, 0.3) is 0 Å². The van der Waals surface area contributed by atoms with Gasteiger partial charge in [-0.1, -0.05) is 23.5 Å². The van der Waals surface area contributed by atoms with Gasteiger partial charge in [-0.25, -0.2) is 4.98 Å². The molecule has 1 aromatic carbocycles. The maximum absolute atomic E-state index is 12.9. The van der Waals surface area contributed by atoms with Crippen LogP contribution in [0.25, 0.3) is 10.2 Å². The van der Waals surface area contributed by atoms with Gasteiger partial charge in [-0.15, -0.1) is 0 Å². The molecule has 0 aliphatic heterocycles. The fraction of sp³-hybridized carbons (Fsp3) is 0.600. The number of para-hydroxylation sites is 1. The number of thiazole rings is 1. The monoisotopic (exact) mass is 355 g/mol. The number of rotatable bonds is 4. The first-order chi connectivity index (χ1) is 12.1. The van der Waals surface area contributed by atoms with Crippen molar-refractivity contribution < 1.29 is 4.79 Å². The molecule has 5 heteroatoms. The molecule has 1 atom stereocenters. The quantitative estimate of drug-likeness (QED) is 0.865. The molecule has 2 aromatic rings. The molecule has 0 saturated heterocycles. The van der Waals surface area contributed by atoms with Crippen LogP contribution in [0, 0.1) is 17.8 Å². The zero-order valence-electron chi connectivity index (χ0n) is 14.6. The minimum Gasteiger partial charge on any atom is -0.350 e. The fourth-order valence-electron chi connectivity index (χ4n) is 5.82. The second kappa shape index (κ2) is 5.70. The van der Waals surface area contributed by atoms with E-state index in [0.717, 1.165) is 33.1 Å². The van der Waals surface area contributed by atoms with Crippen molar-refractivity contribution in [2.75, 3.05) is 5.32 Å². The summed E-state index contributed by atoms with van der Waals surface area (Å²) in [6, 6.07) is 7.84. The lowest BCUT2D eigenvalue weighted by atomic mass is 9.53. The molecule has 4 fully saturated rings. The second-order valence-corrected chi connectivity index (χ2v) is 9.57. The molecule has 6 rings (SSSR count). The lowest BCUT2D eigenvalue weighted by Crippen LogP contribution is -2.61. The van der Waals surface area contributed by atoms with Crippen LogP contribution in [0.15, 0.2) is 24.3 Å². The van der Waals surface area contributed by atoms with Crippen LogP contribution in [0.3, 0.4) is 0 Å². The molecule has 4 nitrogen and oxygen atoms in total. The number of nitrogens with one attached hydrogen (secondary N) is 2. The predicted molar refractivity (Wildman–Crippen MR) is 102 cm³/mol. The SMILES string of the molecule is CC(Nc1nc2ccccc2s1)C(=O)NC12CC3CC(CC(C3)C1)C2. The lowest BCUT2D eigenvalue weighted by molar-refractivity contribution is -0.127. The summed E-state index contributed by atoms with van der Waals surface area (Å²) >= 11 is 1.61. The number of aromatic nitrogens is 1. The molecule has 2 N–H and O–H groups in total. The molecule has 132 valence electrons. The van der Waals surface area contributed by atoms with Crippen LogP contribution >= 0.6 is 11.3 Å². The zero-order chi connectivity index (χ0) is 17.0. The summed E-state index contributed by atoms with van der Waals surface area (Å²) in [5, 5.41) is 7.59. The van der Waals surface area contributed by atoms with Gasteiger partial charge >= 0.3 is 0 Å². The van der Waals surface area contributed by atoms with Crippen molar-refractivity contribution in [3.8, 4) is 0 Å². The summed E-state index contributed by atoms with van der Waals surface area (Å²) in [6.45, 7) is 1.95. The zero-order valence-corrected chi connectivity index (χ0v) is 15.4. The molecule has 0 spiro atoms. The standard InChI is InChI=1S/C20H25N3OS/c1-12(21-19-22-16-4-2-3-5-17(16)25-19)18(24)23-20-9-13-6-14(10-20)8-15(7-13)11-20/h2-5,12-15H,6-11H2,1H3,(H,21,22)(H,23,24). The summed E-state index contributed by atoms with van der Waals surface area (Å²) in [5.41, 5.74) is 1.07. The maximum atomic E-state index is 12.9. The number of hydrogen-bond donors (Lipinski definition) is 2. The molecule has 4 aliphatic carbocycles. The molecule has 1 aromatic heterocycles. The lowest BCUT2D eigenvalue weighted by Gasteiger charge is -2.57. The second-order valence-electron chi connectivity index (χ2n) is 8.54. The highest BCUT2D eigenvalue weighted by molar-refractivity contribution is 7.22. The van der Waals surface area contributed by atoms with Crippen LogP contribution in [0.1, 0.15) is 45.4 Å². The van der Waals surface area contributed by atoms with Gasteiger partial charge in [0.1, 0.15) is 6.04 Å². The number of anilines is 1. The van der Waals surface area contributed by atoms with E-state index in [2.05, 4.69) is 21.7 Å². The number of nitrogens with zero attached hydrogens (tertiary/aromatic N) is 1. The third-order valence-corrected chi connectivity index (χ3v) is 7.42. The average Bonchev–Trinajstić information content (AvgIpc) is 2.95. The third kappa shape index (κ3) is 2.82. The van der Waals surface area contributed by atoms with E-state index in [1.165, 1.54) is 38.5 Å². The van der Waals surface area contributed by atoms with E-state index in [-0.39, 0.29) is 17.5 Å². The van der Waals surface area contributed by atoms with E-state index in [0.29, 0.717) is 0 Å². The molecule has 1 unspecified atom stereocenters. The number of hydrogen-bond acceptors (Lipinski definition) is 4. The summed E-state index contributed by atoms with van der Waals surface area (Å²) < 4.78 is 1.15. The van der Waals surface area contributed by atoms with Crippen molar-refractivity contribution in [1.29, 1.82) is 0 Å². The van der Waals surface area contributed by atoms with E-state index >= 15 is 0 Å². The number of amides is 1. The smallest absolute Gasteiger partial charge is 0.242 e. The van der Waals surface area contributed by atoms with Gasteiger partial charge in [0.2, 0.25) is 5.91 Å². The Hall–Kier alpha value is -1.62. The number of fused-ring (bicyclic) bond motifs is 1. The van der Waals surface area contributed by atoms with Gasteiger partial charge in [-0.05, 0) is 75.3 Å². The van der Waals surface area contributed by atoms with Gasteiger partial charge in [0, 0.05) is 5.54 Å². The Kier molecular flexibility index (Phi) is 3.56. The maximum Gasteiger partial charge on any atom is 0.242 e. The highest BCUT2D eigenvalue weighted by Gasteiger charge is 2.51. The van der Waals surface area contributed by atoms with E-state index in [9.17, 15) is 4.79 Å². The fourth-order valence-corrected chi connectivity index (χ4v) is 6.77. The van der Waals surface area contributed by atoms with Crippen LogP contribution in [0.5, 0.6) is 0 Å². The van der Waals surface area contributed by atoms with E-state index < -0.39 is 0 Å². The minimum atomic E-state index is -0.256. The van der Waals surface area contributed by atoms with Crippen molar-refractivity contribution in [1.82, 2.24) is 10.3 Å². The molecule has 4 saturated carbocycles. The summed E-state index contributed by atoms with van der Waals surface area (Å²) in [4.78, 5) is 17.4. The number of benzene rings is 1. The van der Waals surface area contributed by atoms with Gasteiger partial charge in [0.15, 0.2) is 5.13 Å². The van der Waals surface area contributed by atoms with Crippen LogP contribution in [0.4, 0.5) is 5.13 Å².